The van der Waals surface area contributed by atoms with E-state index in [1.165, 1.54) is 0 Å². The molecule has 0 bridgehead atoms. The van der Waals surface area contributed by atoms with Crippen LogP contribution in [0.4, 0.5) is 0 Å². The summed E-state index contributed by atoms with van der Waals surface area (Å²) in [4.78, 5) is 25.5. The minimum atomic E-state index is -0.361. The molecule has 1 amide bonds. The van der Waals surface area contributed by atoms with Gasteiger partial charge < -0.3 is 4.90 Å². The van der Waals surface area contributed by atoms with Gasteiger partial charge in [0.25, 0.3) is 0 Å². The van der Waals surface area contributed by atoms with Crippen molar-refractivity contribution in [3.8, 4) is 0 Å². The van der Waals surface area contributed by atoms with E-state index in [1.54, 1.807) is 18.2 Å². The lowest BCUT2D eigenvalue weighted by atomic mass is 9.75. The van der Waals surface area contributed by atoms with Crippen molar-refractivity contribution in [3.63, 3.8) is 0 Å². The summed E-state index contributed by atoms with van der Waals surface area (Å²) >= 11 is 0. The van der Waals surface area contributed by atoms with E-state index in [0.29, 0.717) is 13.0 Å². The Balaban J connectivity index is 2.38. The molecule has 0 N–H and O–H groups in total. The van der Waals surface area contributed by atoms with E-state index >= 15 is 0 Å². The minimum absolute atomic E-state index is 0.0304. The zero-order valence-corrected chi connectivity index (χ0v) is 11.2. The zero-order valence-electron chi connectivity index (χ0n) is 11.2. The van der Waals surface area contributed by atoms with Crippen LogP contribution in [0.1, 0.15) is 27.2 Å². The van der Waals surface area contributed by atoms with Crippen LogP contribution in [0, 0.1) is 5.41 Å². The fraction of sp³-hybridized carbons (Fsp3) is 0.467. The van der Waals surface area contributed by atoms with Gasteiger partial charge in [-0.05, 0) is 38.5 Å². The average Bonchev–Trinajstić information content (AvgIpc) is 2.60. The van der Waals surface area contributed by atoms with Crippen molar-refractivity contribution < 1.29 is 9.59 Å². The van der Waals surface area contributed by atoms with Crippen molar-refractivity contribution in [1.29, 1.82) is 0 Å². The molecule has 1 heterocycles. The smallest absolute Gasteiger partial charge is 0.224 e. The van der Waals surface area contributed by atoms with Gasteiger partial charge in [0.15, 0.2) is 5.78 Å². The molecule has 0 aromatic carbocycles. The van der Waals surface area contributed by atoms with Crippen molar-refractivity contribution >= 4 is 11.7 Å². The van der Waals surface area contributed by atoms with Gasteiger partial charge in [-0.3, -0.25) is 9.59 Å². The van der Waals surface area contributed by atoms with E-state index < -0.39 is 0 Å². The van der Waals surface area contributed by atoms with Crippen molar-refractivity contribution in [3.05, 3.63) is 36.5 Å². The van der Waals surface area contributed by atoms with Crippen LogP contribution < -0.4 is 0 Å². The van der Waals surface area contributed by atoms with Crippen LogP contribution in [0.2, 0.25) is 0 Å². The van der Waals surface area contributed by atoms with Crippen molar-refractivity contribution in [2.24, 2.45) is 5.41 Å². The average molecular weight is 245 g/mol. The second-order valence-electron chi connectivity index (χ2n) is 6.02. The Hall–Kier alpha value is -1.64. The molecule has 1 spiro atoms. The third kappa shape index (κ3) is 1.94. The molecule has 96 valence electrons. The van der Waals surface area contributed by atoms with E-state index in [9.17, 15) is 9.59 Å². The number of likely N-dealkylation sites (tertiary alicyclic amines) is 1. The fourth-order valence-corrected chi connectivity index (χ4v) is 2.65. The molecule has 1 fully saturated rings. The number of hydrogen-bond acceptors (Lipinski definition) is 2. The summed E-state index contributed by atoms with van der Waals surface area (Å²) < 4.78 is 0. The molecule has 0 aromatic heterocycles. The van der Waals surface area contributed by atoms with Crippen LogP contribution in [0.3, 0.4) is 0 Å². The Kier molecular flexibility index (Phi) is 2.80. The van der Waals surface area contributed by atoms with Gasteiger partial charge in [0.2, 0.25) is 5.91 Å². The highest BCUT2D eigenvalue weighted by Crippen LogP contribution is 2.44. The van der Waals surface area contributed by atoms with Crippen molar-refractivity contribution in [2.45, 2.75) is 32.7 Å². The quantitative estimate of drug-likeness (QED) is 0.710. The predicted octanol–water partition coefficient (Wildman–Crippen LogP) is 2.25. The molecular weight excluding hydrogens is 226 g/mol. The van der Waals surface area contributed by atoms with Crippen LogP contribution in [-0.2, 0) is 9.59 Å². The predicted molar refractivity (Wildman–Crippen MR) is 70.9 cm³/mol. The second kappa shape index (κ2) is 3.94. The van der Waals surface area contributed by atoms with Gasteiger partial charge in [-0.2, -0.15) is 0 Å². The van der Waals surface area contributed by atoms with Gasteiger partial charge >= 0.3 is 0 Å². The van der Waals surface area contributed by atoms with Crippen LogP contribution in [-0.4, -0.2) is 28.7 Å². The fourth-order valence-electron chi connectivity index (χ4n) is 2.65. The maximum Gasteiger partial charge on any atom is 0.224 e. The first-order valence-electron chi connectivity index (χ1n) is 6.17. The number of carbonyl (C=O) groups excluding carboxylic acids is 2. The van der Waals surface area contributed by atoms with Gasteiger partial charge in [-0.25, -0.2) is 0 Å². The number of amides is 1. The van der Waals surface area contributed by atoms with Crippen LogP contribution in [0.15, 0.2) is 36.5 Å². The first-order chi connectivity index (χ1) is 8.28. The summed E-state index contributed by atoms with van der Waals surface area (Å²) in [5.74, 6) is 0.103. The molecule has 2 rings (SSSR count). The highest BCUT2D eigenvalue weighted by atomic mass is 16.2. The van der Waals surface area contributed by atoms with Crippen molar-refractivity contribution in [1.82, 2.24) is 4.90 Å². The van der Waals surface area contributed by atoms with Gasteiger partial charge in [-0.1, -0.05) is 18.7 Å². The van der Waals surface area contributed by atoms with Gasteiger partial charge in [0.05, 0.1) is 0 Å². The second-order valence-corrected chi connectivity index (χ2v) is 6.02. The molecular formula is C15H19NO2. The lowest BCUT2D eigenvalue weighted by Crippen LogP contribution is -2.43. The Morgan fingerprint density at radius 3 is 2.56 bits per heavy atom. The third-order valence-electron chi connectivity index (χ3n) is 3.68. The molecule has 0 saturated carbocycles. The van der Waals surface area contributed by atoms with E-state index in [-0.39, 0.29) is 22.6 Å². The summed E-state index contributed by atoms with van der Waals surface area (Å²) in [6, 6.07) is 0. The van der Waals surface area contributed by atoms with Crippen LogP contribution in [0.25, 0.3) is 0 Å². The minimum Gasteiger partial charge on any atom is -0.337 e. The largest absolute Gasteiger partial charge is 0.337 e. The Morgan fingerprint density at radius 2 is 2.06 bits per heavy atom. The van der Waals surface area contributed by atoms with Crippen LogP contribution >= 0.6 is 0 Å². The van der Waals surface area contributed by atoms with E-state index in [1.807, 2.05) is 31.7 Å². The summed E-state index contributed by atoms with van der Waals surface area (Å²) in [6.45, 7) is 10.5. The molecule has 3 nitrogen and oxygen atoms in total. The molecule has 3 heteroatoms. The zero-order chi connectivity index (χ0) is 13.6. The monoisotopic (exact) mass is 245 g/mol. The number of allylic oxidation sites excluding steroid dienone is 3. The lowest BCUT2D eigenvalue weighted by molar-refractivity contribution is -0.131. The first kappa shape index (κ1) is 12.8. The Morgan fingerprint density at radius 1 is 1.39 bits per heavy atom. The highest BCUT2D eigenvalue weighted by Gasteiger charge is 2.47. The molecule has 0 aromatic rings. The summed E-state index contributed by atoms with van der Waals surface area (Å²) in [5.41, 5.74) is 0.303. The number of rotatable bonds is 1. The summed E-state index contributed by atoms with van der Waals surface area (Å²) in [5, 5.41) is 0. The molecule has 1 saturated heterocycles. The highest BCUT2D eigenvalue weighted by molar-refractivity contribution is 6.02. The van der Waals surface area contributed by atoms with Crippen molar-refractivity contribution in [2.75, 3.05) is 6.54 Å². The maximum absolute atomic E-state index is 12.2. The normalized spacial score (nSPS) is 27.9. The number of hydrogen-bond donors (Lipinski definition) is 0. The van der Waals surface area contributed by atoms with E-state index in [2.05, 4.69) is 6.58 Å². The molecule has 2 aliphatic rings. The molecule has 1 aliphatic carbocycles. The van der Waals surface area contributed by atoms with Gasteiger partial charge in [0.1, 0.15) is 0 Å². The third-order valence-corrected chi connectivity index (χ3v) is 3.68. The standard InChI is InChI=1S/C15H19NO2/c1-5-11-8-12(17)6-7-15(11)9-13(18)16(10-15)14(2,3)4/h5-8H,1,9-10H2,2-4H3/t15-/m1/s1. The first-order valence-corrected chi connectivity index (χ1v) is 6.17. The Labute approximate surface area is 108 Å². The van der Waals surface area contributed by atoms with E-state index in [0.717, 1.165) is 5.57 Å². The summed E-state index contributed by atoms with van der Waals surface area (Å²) in [7, 11) is 0. The SMILES string of the molecule is C=CC1=CC(=O)C=C[C@]12CC(=O)N(C(C)(C)C)C2. The molecule has 18 heavy (non-hydrogen) atoms. The molecule has 0 unspecified atom stereocenters. The van der Waals surface area contributed by atoms with Crippen LogP contribution in [0.5, 0.6) is 0 Å². The molecule has 1 atom stereocenters. The summed E-state index contributed by atoms with van der Waals surface area (Å²) in [6.07, 6.45) is 7.14. The number of carbonyl (C=O) groups is 2. The Bertz CT molecular complexity index is 479. The number of nitrogens with zero attached hydrogens (tertiary/aromatic N) is 1. The number of ketones is 1. The molecule has 0 radical (unpaired) electrons. The van der Waals surface area contributed by atoms with E-state index in [4.69, 9.17) is 0 Å². The maximum atomic E-state index is 12.2. The van der Waals surface area contributed by atoms with Gasteiger partial charge in [-0.15, -0.1) is 0 Å². The molecule has 1 aliphatic heterocycles. The topological polar surface area (TPSA) is 37.4 Å². The van der Waals surface area contributed by atoms with Gasteiger partial charge in [0, 0.05) is 23.9 Å². The lowest BCUT2D eigenvalue weighted by Gasteiger charge is -2.35.